The first-order valence-electron chi connectivity index (χ1n) is 9.13. The Balaban J connectivity index is 1.54. The molecule has 2 N–H and O–H groups in total. The fraction of sp³-hybridized carbons (Fsp3) is 0.350. The van der Waals surface area contributed by atoms with Crippen molar-refractivity contribution in [3.05, 3.63) is 58.5 Å². The Morgan fingerprint density at radius 1 is 1.00 bits per heavy atom. The number of hydrogen-bond acceptors (Lipinski definition) is 3. The van der Waals surface area contributed by atoms with Crippen molar-refractivity contribution in [3.8, 4) is 0 Å². The summed E-state index contributed by atoms with van der Waals surface area (Å²) in [5.74, 6) is 0.518. The summed E-state index contributed by atoms with van der Waals surface area (Å²) in [4.78, 5) is 38.7. The second kappa shape index (κ2) is 6.90. The van der Waals surface area contributed by atoms with Crippen LogP contribution < -0.4 is 16.2 Å². The number of nitrogens with zero attached hydrogens (tertiary/aromatic N) is 2. The van der Waals surface area contributed by atoms with Gasteiger partial charge in [-0.05, 0) is 36.6 Å². The van der Waals surface area contributed by atoms with Crippen molar-refractivity contribution in [3.63, 3.8) is 0 Å². The quantitative estimate of drug-likeness (QED) is 0.856. The van der Waals surface area contributed by atoms with Gasteiger partial charge in [-0.15, -0.1) is 0 Å². The van der Waals surface area contributed by atoms with Gasteiger partial charge in [-0.3, -0.25) is 9.59 Å². The Morgan fingerprint density at radius 3 is 2.52 bits per heavy atom. The lowest BCUT2D eigenvalue weighted by Gasteiger charge is -2.42. The number of carbonyl (C=O) groups is 2. The van der Waals surface area contributed by atoms with E-state index in [-0.39, 0.29) is 29.0 Å². The number of hydrogen-bond donors (Lipinski definition) is 2. The molecule has 2 bridgehead atoms. The summed E-state index contributed by atoms with van der Waals surface area (Å²) >= 11 is 0. The van der Waals surface area contributed by atoms with Crippen LogP contribution in [0.3, 0.4) is 0 Å². The average Bonchev–Trinajstić information content (AvgIpc) is 2.65. The molecule has 7 nitrogen and oxygen atoms in total. The molecule has 1 aromatic heterocycles. The Kier molecular flexibility index (Phi) is 4.43. The van der Waals surface area contributed by atoms with Crippen LogP contribution in [0, 0.1) is 5.92 Å². The zero-order valence-electron chi connectivity index (χ0n) is 15.1. The van der Waals surface area contributed by atoms with Crippen LogP contribution in [0.5, 0.6) is 0 Å². The minimum absolute atomic E-state index is 0.0800. The molecule has 1 fully saturated rings. The van der Waals surface area contributed by atoms with Gasteiger partial charge in [-0.2, -0.15) is 0 Å². The third-order valence-electron chi connectivity index (χ3n) is 5.33. The van der Waals surface area contributed by atoms with Gasteiger partial charge in [0.05, 0.1) is 0 Å². The largest absolute Gasteiger partial charge is 0.342 e. The van der Waals surface area contributed by atoms with E-state index < -0.39 is 6.03 Å². The fourth-order valence-electron chi connectivity index (χ4n) is 4.10. The molecule has 2 aliphatic heterocycles. The van der Waals surface area contributed by atoms with E-state index in [4.69, 9.17) is 0 Å². The van der Waals surface area contributed by atoms with Crippen molar-refractivity contribution in [1.29, 1.82) is 0 Å². The molecule has 4 rings (SSSR count). The van der Waals surface area contributed by atoms with Crippen molar-refractivity contribution in [2.45, 2.75) is 25.8 Å². The molecule has 0 saturated carbocycles. The summed E-state index contributed by atoms with van der Waals surface area (Å²) in [7, 11) is 0. The monoisotopic (exact) mass is 366 g/mol. The van der Waals surface area contributed by atoms with E-state index in [1.807, 2.05) is 29.2 Å². The molecule has 1 saturated heterocycles. The van der Waals surface area contributed by atoms with Crippen LogP contribution in [-0.4, -0.2) is 34.5 Å². The number of amides is 3. The number of rotatable bonds is 2. The predicted octanol–water partition coefficient (Wildman–Crippen LogP) is 2.46. The van der Waals surface area contributed by atoms with E-state index in [1.54, 1.807) is 29.7 Å². The molecule has 7 heteroatoms. The molecular weight excluding hydrogens is 344 g/mol. The Labute approximate surface area is 157 Å². The zero-order valence-corrected chi connectivity index (χ0v) is 15.1. The van der Waals surface area contributed by atoms with Crippen LogP contribution in [0.4, 0.5) is 16.2 Å². The van der Waals surface area contributed by atoms with Crippen molar-refractivity contribution in [2.75, 3.05) is 23.7 Å². The standard InChI is InChI=1S/C20H22N4O3/c1-13(25)23-10-14-9-15(12-23)18-8-7-17(19(26)24(18)11-14)22-20(27)21-16-5-3-2-4-6-16/h2-8,14-15H,9-12H2,1H3,(H2,21,22,27). The number of anilines is 2. The van der Waals surface area contributed by atoms with Crippen LogP contribution in [-0.2, 0) is 11.3 Å². The van der Waals surface area contributed by atoms with Crippen molar-refractivity contribution < 1.29 is 9.59 Å². The first-order valence-corrected chi connectivity index (χ1v) is 9.13. The highest BCUT2D eigenvalue weighted by Gasteiger charge is 2.35. The molecule has 0 spiro atoms. The third kappa shape index (κ3) is 3.45. The minimum Gasteiger partial charge on any atom is -0.342 e. The van der Waals surface area contributed by atoms with Crippen LogP contribution >= 0.6 is 0 Å². The lowest BCUT2D eigenvalue weighted by molar-refractivity contribution is -0.131. The summed E-state index contributed by atoms with van der Waals surface area (Å²) in [6.45, 7) is 3.49. The Morgan fingerprint density at radius 2 is 1.78 bits per heavy atom. The highest BCUT2D eigenvalue weighted by atomic mass is 16.2. The normalized spacial score (nSPS) is 20.6. The first-order chi connectivity index (χ1) is 13.0. The lowest BCUT2D eigenvalue weighted by atomic mass is 9.83. The summed E-state index contributed by atoms with van der Waals surface area (Å²) in [5.41, 5.74) is 1.67. The summed E-state index contributed by atoms with van der Waals surface area (Å²) in [6, 6.07) is 12.2. The van der Waals surface area contributed by atoms with Gasteiger partial charge in [0.25, 0.3) is 5.56 Å². The lowest BCUT2D eigenvalue weighted by Crippen LogP contribution is -2.48. The molecule has 0 radical (unpaired) electrons. The van der Waals surface area contributed by atoms with Crippen LogP contribution in [0.25, 0.3) is 0 Å². The number of para-hydroxylation sites is 1. The van der Waals surface area contributed by atoms with Gasteiger partial charge in [-0.1, -0.05) is 18.2 Å². The molecule has 2 aliphatic rings. The van der Waals surface area contributed by atoms with E-state index in [2.05, 4.69) is 10.6 Å². The molecular formula is C20H22N4O3. The number of pyridine rings is 1. The number of nitrogens with one attached hydrogen (secondary N) is 2. The van der Waals surface area contributed by atoms with E-state index in [9.17, 15) is 14.4 Å². The maximum absolute atomic E-state index is 12.9. The van der Waals surface area contributed by atoms with Gasteiger partial charge in [0.15, 0.2) is 0 Å². The van der Waals surface area contributed by atoms with Gasteiger partial charge in [0.1, 0.15) is 5.69 Å². The second-order valence-corrected chi connectivity index (χ2v) is 7.26. The number of benzene rings is 1. The highest BCUT2D eigenvalue weighted by molar-refractivity contribution is 5.99. The first kappa shape index (κ1) is 17.3. The van der Waals surface area contributed by atoms with E-state index in [0.717, 1.165) is 12.1 Å². The molecule has 27 heavy (non-hydrogen) atoms. The number of piperidine rings is 1. The SMILES string of the molecule is CC(=O)N1CC2CC(C1)c1ccc(NC(=O)Nc3ccccc3)c(=O)n1C2. The fourth-order valence-corrected chi connectivity index (χ4v) is 4.10. The average molecular weight is 366 g/mol. The number of fused-ring (bicyclic) bond motifs is 4. The molecule has 3 amide bonds. The molecule has 2 unspecified atom stereocenters. The predicted molar refractivity (Wildman–Crippen MR) is 103 cm³/mol. The number of carbonyl (C=O) groups excluding carboxylic acids is 2. The third-order valence-corrected chi connectivity index (χ3v) is 5.33. The summed E-state index contributed by atoms with van der Waals surface area (Å²) in [6.07, 6.45) is 0.991. The number of urea groups is 1. The van der Waals surface area contributed by atoms with Crippen molar-refractivity contribution in [2.24, 2.45) is 5.92 Å². The Hall–Kier alpha value is -3.09. The molecule has 1 aromatic carbocycles. The van der Waals surface area contributed by atoms with Crippen molar-refractivity contribution in [1.82, 2.24) is 9.47 Å². The van der Waals surface area contributed by atoms with Crippen LogP contribution in [0.1, 0.15) is 25.0 Å². The molecule has 2 aromatic rings. The summed E-state index contributed by atoms with van der Waals surface area (Å²) < 4.78 is 1.76. The summed E-state index contributed by atoms with van der Waals surface area (Å²) in [5, 5.41) is 5.37. The van der Waals surface area contributed by atoms with Gasteiger partial charge in [0.2, 0.25) is 5.91 Å². The number of likely N-dealkylation sites (tertiary alicyclic amines) is 1. The van der Waals surface area contributed by atoms with Crippen LogP contribution in [0.2, 0.25) is 0 Å². The van der Waals surface area contributed by atoms with Gasteiger partial charge >= 0.3 is 6.03 Å². The molecule has 3 heterocycles. The van der Waals surface area contributed by atoms with Gasteiger partial charge in [0, 0.05) is 43.9 Å². The molecule has 0 aliphatic carbocycles. The molecule has 2 atom stereocenters. The van der Waals surface area contributed by atoms with Crippen molar-refractivity contribution >= 4 is 23.3 Å². The van der Waals surface area contributed by atoms with Gasteiger partial charge in [-0.25, -0.2) is 4.79 Å². The maximum atomic E-state index is 12.9. The van der Waals surface area contributed by atoms with Crippen LogP contribution in [0.15, 0.2) is 47.3 Å². The zero-order chi connectivity index (χ0) is 19.0. The van der Waals surface area contributed by atoms with Gasteiger partial charge < -0.3 is 20.1 Å². The van der Waals surface area contributed by atoms with E-state index >= 15 is 0 Å². The van der Waals surface area contributed by atoms with E-state index in [0.29, 0.717) is 25.3 Å². The highest BCUT2D eigenvalue weighted by Crippen LogP contribution is 2.35. The smallest absolute Gasteiger partial charge is 0.323 e. The maximum Gasteiger partial charge on any atom is 0.323 e. The topological polar surface area (TPSA) is 83.4 Å². The second-order valence-electron chi connectivity index (χ2n) is 7.26. The number of aromatic nitrogens is 1. The Bertz CT molecular complexity index is 938. The minimum atomic E-state index is -0.447. The molecule has 140 valence electrons. The van der Waals surface area contributed by atoms with E-state index in [1.165, 1.54) is 0 Å².